The van der Waals surface area contributed by atoms with Gasteiger partial charge < -0.3 is 9.47 Å². The molecular weight excluding hydrogens is 234 g/mol. The molecule has 0 aromatic carbocycles. The van der Waals surface area contributed by atoms with E-state index in [-0.39, 0.29) is 12.0 Å². The number of hydrogen-bond acceptors (Lipinski definition) is 4. The molecule has 0 spiro atoms. The Hall–Kier alpha value is -0.960. The smallest absolute Gasteiger partial charge is 0.351 e. The van der Waals surface area contributed by atoms with Gasteiger partial charge in [0.2, 0.25) is 0 Å². The number of esters is 2. The van der Waals surface area contributed by atoms with Crippen LogP contribution in [0.2, 0.25) is 0 Å². The van der Waals surface area contributed by atoms with Crippen molar-refractivity contribution in [2.75, 3.05) is 7.11 Å². The lowest BCUT2D eigenvalue weighted by Crippen LogP contribution is -2.43. The molecule has 3 atom stereocenters. The second-order valence-corrected chi connectivity index (χ2v) is 4.18. The van der Waals surface area contributed by atoms with E-state index in [1.165, 1.54) is 6.92 Å². The SMILES string of the molecule is C=C(C)C(=O)OC(CC)C(F)(P)C(=O)OC. The molecule has 4 nitrogen and oxygen atoms in total. The molecule has 0 aliphatic rings. The molecule has 0 rings (SSSR count). The lowest BCUT2D eigenvalue weighted by Gasteiger charge is -2.26. The van der Waals surface area contributed by atoms with Gasteiger partial charge in [-0.05, 0) is 13.3 Å². The van der Waals surface area contributed by atoms with Crippen molar-refractivity contribution in [3.05, 3.63) is 12.2 Å². The minimum absolute atomic E-state index is 0.143. The first kappa shape index (κ1) is 15.0. The van der Waals surface area contributed by atoms with E-state index in [9.17, 15) is 14.0 Å². The summed E-state index contributed by atoms with van der Waals surface area (Å²) in [4.78, 5) is 22.4. The Morgan fingerprint density at radius 1 is 1.56 bits per heavy atom. The molecule has 0 radical (unpaired) electrons. The Kier molecular flexibility index (Phi) is 5.59. The molecule has 0 N–H and O–H groups in total. The van der Waals surface area contributed by atoms with Crippen LogP contribution in [-0.4, -0.2) is 30.6 Å². The summed E-state index contributed by atoms with van der Waals surface area (Å²) < 4.78 is 23.1. The highest BCUT2D eigenvalue weighted by molar-refractivity contribution is 7.20. The van der Waals surface area contributed by atoms with Crippen molar-refractivity contribution in [3.63, 3.8) is 0 Å². The normalized spacial score (nSPS) is 15.8. The van der Waals surface area contributed by atoms with Crippen LogP contribution in [0, 0.1) is 0 Å². The van der Waals surface area contributed by atoms with Crippen molar-refractivity contribution < 1.29 is 23.5 Å². The molecule has 92 valence electrons. The Bertz CT molecular complexity index is 301. The largest absolute Gasteiger partial charge is 0.466 e. The van der Waals surface area contributed by atoms with E-state index in [1.807, 2.05) is 0 Å². The molecule has 0 aliphatic carbocycles. The molecule has 0 saturated heterocycles. The van der Waals surface area contributed by atoms with Gasteiger partial charge in [-0.15, -0.1) is 0 Å². The molecule has 16 heavy (non-hydrogen) atoms. The predicted molar refractivity (Wildman–Crippen MR) is 60.6 cm³/mol. The molecule has 0 aliphatic heterocycles. The second kappa shape index (κ2) is 5.94. The van der Waals surface area contributed by atoms with Crippen molar-refractivity contribution in [1.29, 1.82) is 0 Å². The van der Waals surface area contributed by atoms with Crippen LogP contribution in [0.15, 0.2) is 12.2 Å². The van der Waals surface area contributed by atoms with Crippen molar-refractivity contribution in [2.24, 2.45) is 0 Å². The fourth-order valence-electron chi connectivity index (χ4n) is 0.984. The van der Waals surface area contributed by atoms with E-state index in [1.54, 1.807) is 16.2 Å². The number of hydrogen-bond donors (Lipinski definition) is 0. The zero-order valence-corrected chi connectivity index (χ0v) is 10.7. The molecule has 0 aromatic heterocycles. The summed E-state index contributed by atoms with van der Waals surface area (Å²) in [6.07, 6.45) is -1.07. The molecule has 0 aromatic rings. The van der Waals surface area contributed by atoms with Crippen molar-refractivity contribution in [2.45, 2.75) is 31.8 Å². The highest BCUT2D eigenvalue weighted by Crippen LogP contribution is 2.31. The first-order valence-electron chi connectivity index (χ1n) is 4.70. The van der Waals surface area contributed by atoms with E-state index in [4.69, 9.17) is 4.74 Å². The van der Waals surface area contributed by atoms with Gasteiger partial charge in [0, 0.05) is 5.57 Å². The molecular formula is C10H16FO4P. The zero-order valence-electron chi connectivity index (χ0n) is 9.58. The molecule has 0 saturated carbocycles. The first-order valence-corrected chi connectivity index (χ1v) is 5.27. The minimum atomic E-state index is -2.44. The Morgan fingerprint density at radius 3 is 2.38 bits per heavy atom. The highest BCUT2D eigenvalue weighted by Gasteiger charge is 2.45. The molecule has 0 fully saturated rings. The molecule has 3 unspecified atom stereocenters. The van der Waals surface area contributed by atoms with E-state index in [2.05, 4.69) is 11.3 Å². The topological polar surface area (TPSA) is 52.6 Å². The third-order valence-electron chi connectivity index (χ3n) is 1.94. The number of alkyl halides is 1. The van der Waals surface area contributed by atoms with Crippen molar-refractivity contribution >= 4 is 21.2 Å². The van der Waals surface area contributed by atoms with Crippen LogP contribution in [0.1, 0.15) is 20.3 Å². The molecule has 6 heteroatoms. The summed E-state index contributed by atoms with van der Waals surface area (Å²) in [5.74, 6) is -1.83. The van der Waals surface area contributed by atoms with Crippen LogP contribution >= 0.6 is 9.24 Å². The molecule has 0 heterocycles. The number of carbonyl (C=O) groups is 2. The van der Waals surface area contributed by atoms with Crippen LogP contribution in [0.3, 0.4) is 0 Å². The third kappa shape index (κ3) is 3.56. The number of ether oxygens (including phenoxy) is 2. The predicted octanol–water partition coefficient (Wildman–Crippen LogP) is 1.60. The highest BCUT2D eigenvalue weighted by atomic mass is 31.0. The third-order valence-corrected chi connectivity index (χ3v) is 2.54. The number of methoxy groups -OCH3 is 1. The summed E-state index contributed by atoms with van der Waals surface area (Å²) in [5, 5.41) is -2.44. The van der Waals surface area contributed by atoms with Gasteiger partial charge in [0.1, 0.15) is 0 Å². The van der Waals surface area contributed by atoms with Gasteiger partial charge in [-0.1, -0.05) is 22.7 Å². The van der Waals surface area contributed by atoms with E-state index >= 15 is 0 Å². The molecule has 0 amide bonds. The van der Waals surface area contributed by atoms with Gasteiger partial charge in [0.15, 0.2) is 6.10 Å². The maximum atomic E-state index is 14.0. The van der Waals surface area contributed by atoms with Crippen LogP contribution < -0.4 is 0 Å². The maximum Gasteiger partial charge on any atom is 0.351 e. The standard InChI is InChI=1S/C10H16FO4P/c1-5-7(15-8(12)6(2)3)10(11,16)9(13)14-4/h7H,2,5,16H2,1,3-4H3. The number of halogens is 1. The van der Waals surface area contributed by atoms with Gasteiger partial charge in [-0.3, -0.25) is 0 Å². The van der Waals surface area contributed by atoms with Gasteiger partial charge in [0.25, 0.3) is 5.41 Å². The fraction of sp³-hybridized carbons (Fsp3) is 0.600. The molecule has 0 bridgehead atoms. The van der Waals surface area contributed by atoms with Crippen molar-refractivity contribution in [1.82, 2.24) is 0 Å². The van der Waals surface area contributed by atoms with Gasteiger partial charge in [0.05, 0.1) is 7.11 Å². The van der Waals surface area contributed by atoms with Crippen LogP contribution in [0.5, 0.6) is 0 Å². The summed E-state index contributed by atoms with van der Waals surface area (Å²) in [6.45, 7) is 6.40. The van der Waals surface area contributed by atoms with E-state index in [0.717, 1.165) is 7.11 Å². The monoisotopic (exact) mass is 250 g/mol. The van der Waals surface area contributed by atoms with Gasteiger partial charge in [-0.2, -0.15) is 0 Å². The zero-order chi connectivity index (χ0) is 12.9. The summed E-state index contributed by atoms with van der Waals surface area (Å²) in [6, 6.07) is 0. The lowest BCUT2D eigenvalue weighted by molar-refractivity contribution is -0.163. The quantitative estimate of drug-likeness (QED) is 0.422. The Balaban J connectivity index is 4.79. The Morgan fingerprint density at radius 2 is 2.06 bits per heavy atom. The minimum Gasteiger partial charge on any atom is -0.466 e. The van der Waals surface area contributed by atoms with Crippen molar-refractivity contribution in [3.8, 4) is 0 Å². The number of carbonyl (C=O) groups excluding carboxylic acids is 2. The van der Waals surface area contributed by atoms with Crippen LogP contribution in [-0.2, 0) is 19.1 Å². The Labute approximate surface area is 96.4 Å². The maximum absolute atomic E-state index is 14.0. The average molecular weight is 250 g/mol. The summed E-state index contributed by atoms with van der Waals surface area (Å²) in [7, 11) is 2.77. The average Bonchev–Trinajstić information content (AvgIpc) is 2.23. The van der Waals surface area contributed by atoms with Gasteiger partial charge >= 0.3 is 11.9 Å². The van der Waals surface area contributed by atoms with Crippen LogP contribution in [0.4, 0.5) is 4.39 Å². The second-order valence-electron chi connectivity index (χ2n) is 3.34. The summed E-state index contributed by atoms with van der Waals surface area (Å²) >= 11 is 0. The fourth-order valence-corrected chi connectivity index (χ4v) is 1.41. The van der Waals surface area contributed by atoms with E-state index < -0.39 is 23.5 Å². The van der Waals surface area contributed by atoms with E-state index in [0.29, 0.717) is 0 Å². The first-order chi connectivity index (χ1) is 7.27. The van der Waals surface area contributed by atoms with Gasteiger partial charge in [-0.25, -0.2) is 14.0 Å². The van der Waals surface area contributed by atoms with Crippen LogP contribution in [0.25, 0.3) is 0 Å². The summed E-state index contributed by atoms with van der Waals surface area (Å²) in [5.41, 5.74) is 0.143. The lowest BCUT2D eigenvalue weighted by atomic mass is 10.1. The number of rotatable bonds is 5.